The molecular formula is C28H28Cl2N2O4. The third-order valence-electron chi connectivity index (χ3n) is 5.31. The molecule has 0 atom stereocenters. The van der Waals surface area contributed by atoms with Crippen molar-refractivity contribution in [3.63, 3.8) is 0 Å². The van der Waals surface area contributed by atoms with E-state index < -0.39 is 0 Å². The van der Waals surface area contributed by atoms with E-state index in [0.717, 1.165) is 33.6 Å². The zero-order valence-corrected chi connectivity index (χ0v) is 22.6. The highest BCUT2D eigenvalue weighted by atomic mass is 35.5. The summed E-state index contributed by atoms with van der Waals surface area (Å²) in [6.45, 7) is 4.05. The van der Waals surface area contributed by atoms with Gasteiger partial charge in [0.15, 0.2) is 0 Å². The Kier molecular flexibility index (Phi) is 9.39. The first-order chi connectivity index (χ1) is 17.3. The van der Waals surface area contributed by atoms with E-state index in [9.17, 15) is 0 Å². The molecule has 0 N–H and O–H groups in total. The van der Waals surface area contributed by atoms with Gasteiger partial charge < -0.3 is 18.9 Å². The van der Waals surface area contributed by atoms with Crippen LogP contribution in [-0.2, 0) is 0 Å². The average Bonchev–Trinajstić information content (AvgIpc) is 2.89. The summed E-state index contributed by atoms with van der Waals surface area (Å²) in [5.41, 5.74) is 5.85. The molecule has 6 nitrogen and oxygen atoms in total. The fraction of sp³-hybridized carbons (Fsp3) is 0.214. The van der Waals surface area contributed by atoms with Crippen molar-refractivity contribution in [2.24, 2.45) is 0 Å². The zero-order chi connectivity index (χ0) is 26.2. The predicted molar refractivity (Wildman–Crippen MR) is 145 cm³/mol. The number of hydrogen-bond donors (Lipinski definition) is 0. The Morgan fingerprint density at radius 3 is 1.08 bits per heavy atom. The molecule has 4 aromatic rings. The van der Waals surface area contributed by atoms with Gasteiger partial charge in [0.05, 0.1) is 39.8 Å². The molecule has 0 spiro atoms. The van der Waals surface area contributed by atoms with Crippen LogP contribution in [0.3, 0.4) is 0 Å². The first-order valence-corrected chi connectivity index (χ1v) is 11.8. The highest BCUT2D eigenvalue weighted by Gasteiger charge is 2.13. The Labute approximate surface area is 221 Å². The van der Waals surface area contributed by atoms with Crippen LogP contribution in [0.1, 0.15) is 11.1 Å². The molecule has 0 bridgehead atoms. The number of nitrogens with zero attached hydrogens (tertiary/aromatic N) is 2. The lowest BCUT2D eigenvalue weighted by atomic mass is 10.1. The van der Waals surface area contributed by atoms with Gasteiger partial charge in [-0.2, -0.15) is 0 Å². The fourth-order valence-corrected chi connectivity index (χ4v) is 3.95. The molecule has 0 aliphatic carbocycles. The molecule has 0 aliphatic heterocycles. The van der Waals surface area contributed by atoms with Crippen LogP contribution in [0.15, 0.2) is 60.9 Å². The predicted octanol–water partition coefficient (Wildman–Crippen LogP) is 7.46. The summed E-state index contributed by atoms with van der Waals surface area (Å²) in [5, 5.41) is 0.938. The van der Waals surface area contributed by atoms with E-state index in [-0.39, 0.29) is 0 Å². The van der Waals surface area contributed by atoms with Crippen molar-refractivity contribution in [2.45, 2.75) is 13.8 Å². The Balaban J connectivity index is 0.000000201. The Morgan fingerprint density at radius 1 is 0.528 bits per heavy atom. The normalized spacial score (nSPS) is 10.2. The lowest BCUT2D eigenvalue weighted by Gasteiger charge is -2.11. The monoisotopic (exact) mass is 526 g/mol. The summed E-state index contributed by atoms with van der Waals surface area (Å²) in [7, 11) is 6.31. The van der Waals surface area contributed by atoms with Gasteiger partial charge >= 0.3 is 0 Å². The highest BCUT2D eigenvalue weighted by Crippen LogP contribution is 2.39. The van der Waals surface area contributed by atoms with Crippen molar-refractivity contribution in [1.82, 2.24) is 9.97 Å². The standard InChI is InChI=1S/2C14H14ClNO2/c2*1-9-4-5-16-11(6-9)10-7-12(17-2)14(15)13(8-10)18-3/h2*4-8H,1-3H3. The van der Waals surface area contributed by atoms with Crippen LogP contribution in [-0.4, -0.2) is 38.4 Å². The zero-order valence-electron chi connectivity index (χ0n) is 21.1. The topological polar surface area (TPSA) is 62.7 Å². The van der Waals surface area contributed by atoms with E-state index in [1.807, 2.05) is 62.4 Å². The maximum absolute atomic E-state index is 6.13. The summed E-state index contributed by atoms with van der Waals surface area (Å²) >= 11 is 12.3. The van der Waals surface area contributed by atoms with Gasteiger partial charge in [-0.25, -0.2) is 0 Å². The number of rotatable bonds is 6. The largest absolute Gasteiger partial charge is 0.495 e. The number of ether oxygens (including phenoxy) is 4. The number of aromatic nitrogens is 2. The van der Waals surface area contributed by atoms with Gasteiger partial charge in [0, 0.05) is 23.5 Å². The van der Waals surface area contributed by atoms with Crippen LogP contribution in [0.5, 0.6) is 23.0 Å². The van der Waals surface area contributed by atoms with Crippen molar-refractivity contribution in [3.8, 4) is 45.5 Å². The summed E-state index contributed by atoms with van der Waals surface area (Å²) in [5.74, 6) is 2.31. The molecule has 36 heavy (non-hydrogen) atoms. The second kappa shape index (κ2) is 12.5. The molecule has 0 radical (unpaired) electrons. The maximum Gasteiger partial charge on any atom is 0.141 e. The van der Waals surface area contributed by atoms with Gasteiger partial charge in [0.1, 0.15) is 33.0 Å². The maximum atomic E-state index is 6.13. The van der Waals surface area contributed by atoms with E-state index >= 15 is 0 Å². The summed E-state index contributed by atoms with van der Waals surface area (Å²) in [6.07, 6.45) is 3.55. The number of aryl methyl sites for hydroxylation is 2. The third-order valence-corrected chi connectivity index (χ3v) is 6.06. The number of benzene rings is 2. The molecule has 0 saturated carbocycles. The number of pyridine rings is 2. The molecular weight excluding hydrogens is 499 g/mol. The molecule has 0 unspecified atom stereocenters. The summed E-state index contributed by atoms with van der Waals surface area (Å²) < 4.78 is 21.0. The minimum atomic E-state index is 0.469. The molecule has 4 rings (SSSR count). The number of hydrogen-bond acceptors (Lipinski definition) is 6. The third kappa shape index (κ3) is 6.39. The van der Waals surface area contributed by atoms with E-state index in [2.05, 4.69) is 9.97 Å². The van der Waals surface area contributed by atoms with E-state index in [0.29, 0.717) is 33.0 Å². The molecule has 188 valence electrons. The van der Waals surface area contributed by atoms with Gasteiger partial charge in [-0.05, 0) is 73.5 Å². The van der Waals surface area contributed by atoms with Crippen LogP contribution in [0.25, 0.3) is 22.5 Å². The van der Waals surface area contributed by atoms with E-state index in [4.69, 9.17) is 42.1 Å². The van der Waals surface area contributed by atoms with Gasteiger partial charge in [0.25, 0.3) is 0 Å². The van der Waals surface area contributed by atoms with Crippen LogP contribution < -0.4 is 18.9 Å². The SMILES string of the molecule is COc1cc(-c2cc(C)ccn2)cc(OC)c1Cl.COc1cc(-c2cc(C)ccn2)cc(OC)c1Cl. The quantitative estimate of drug-likeness (QED) is 0.260. The lowest BCUT2D eigenvalue weighted by Crippen LogP contribution is -1.92. The molecule has 0 amide bonds. The van der Waals surface area contributed by atoms with Gasteiger partial charge in [-0.15, -0.1) is 0 Å². The molecule has 0 saturated heterocycles. The highest BCUT2D eigenvalue weighted by molar-refractivity contribution is 6.34. The Morgan fingerprint density at radius 2 is 0.833 bits per heavy atom. The second-order valence-corrected chi connectivity index (χ2v) is 8.58. The van der Waals surface area contributed by atoms with Gasteiger partial charge in [0.2, 0.25) is 0 Å². The van der Waals surface area contributed by atoms with Crippen molar-refractivity contribution < 1.29 is 18.9 Å². The fourth-order valence-electron chi connectivity index (χ4n) is 3.42. The van der Waals surface area contributed by atoms with Crippen molar-refractivity contribution in [3.05, 3.63) is 82.1 Å². The molecule has 2 aromatic carbocycles. The molecule has 8 heteroatoms. The number of halogens is 2. The van der Waals surface area contributed by atoms with Crippen molar-refractivity contribution >= 4 is 23.2 Å². The molecule has 2 aromatic heterocycles. The summed E-state index contributed by atoms with van der Waals surface area (Å²) in [6, 6.07) is 15.3. The molecule has 2 heterocycles. The Hall–Kier alpha value is -3.48. The molecule has 0 fully saturated rings. The average molecular weight is 527 g/mol. The first kappa shape index (κ1) is 27.1. The van der Waals surface area contributed by atoms with Crippen LogP contribution in [0.2, 0.25) is 10.0 Å². The van der Waals surface area contributed by atoms with E-state index in [1.165, 1.54) is 0 Å². The lowest BCUT2D eigenvalue weighted by molar-refractivity contribution is 0.395. The summed E-state index contributed by atoms with van der Waals surface area (Å²) in [4.78, 5) is 8.67. The first-order valence-electron chi connectivity index (χ1n) is 11.0. The van der Waals surface area contributed by atoms with Crippen molar-refractivity contribution in [2.75, 3.05) is 28.4 Å². The second-order valence-electron chi connectivity index (χ2n) is 7.83. The van der Waals surface area contributed by atoms with Crippen LogP contribution >= 0.6 is 23.2 Å². The Bertz CT molecular complexity index is 1190. The van der Waals surface area contributed by atoms with Crippen molar-refractivity contribution in [1.29, 1.82) is 0 Å². The minimum Gasteiger partial charge on any atom is -0.495 e. The van der Waals surface area contributed by atoms with E-state index in [1.54, 1.807) is 40.8 Å². The number of methoxy groups -OCH3 is 4. The van der Waals surface area contributed by atoms with Gasteiger partial charge in [-0.3, -0.25) is 9.97 Å². The van der Waals surface area contributed by atoms with Crippen LogP contribution in [0, 0.1) is 13.8 Å². The van der Waals surface area contributed by atoms with Crippen LogP contribution in [0.4, 0.5) is 0 Å². The minimum absolute atomic E-state index is 0.469. The van der Waals surface area contributed by atoms with Gasteiger partial charge in [-0.1, -0.05) is 23.2 Å². The smallest absolute Gasteiger partial charge is 0.141 e. The molecule has 0 aliphatic rings.